The first kappa shape index (κ1) is 6.67. The van der Waals surface area contributed by atoms with Gasteiger partial charge in [0.2, 0.25) is 0 Å². The van der Waals surface area contributed by atoms with Crippen molar-refractivity contribution in [3.63, 3.8) is 0 Å². The lowest BCUT2D eigenvalue weighted by Gasteiger charge is -2.08. The minimum atomic E-state index is -0.00521. The summed E-state index contributed by atoms with van der Waals surface area (Å²) in [6.45, 7) is 5.84. The summed E-state index contributed by atoms with van der Waals surface area (Å²) in [5.74, 6) is 0. The van der Waals surface area contributed by atoms with Crippen molar-refractivity contribution in [1.82, 2.24) is 0 Å². The Balaban J connectivity index is 3.56. The van der Waals surface area contributed by atoms with Gasteiger partial charge in [0.15, 0.2) is 0 Å². The molecule has 0 aliphatic heterocycles. The maximum absolute atomic E-state index is 11.3. The van der Waals surface area contributed by atoms with Crippen LogP contribution < -0.4 is 0 Å². The van der Waals surface area contributed by atoms with E-state index in [1.165, 1.54) is 6.08 Å². The Morgan fingerprint density at radius 3 is 1.71 bits per heavy atom. The molecule has 0 bridgehead atoms. The predicted molar refractivity (Wildman–Crippen MR) is 29.7 cm³/mol. The monoisotopic (exact) mass is 102 g/mol. The molecule has 0 aromatic rings. The number of rotatable bonds is 0. The highest BCUT2D eigenvalue weighted by atomic mass is 19.1. The molecular weight excluding hydrogens is 91.1 g/mol. The molecule has 0 saturated carbocycles. The summed E-state index contributed by atoms with van der Waals surface area (Å²) in [5, 5.41) is 0. The Kier molecular flexibility index (Phi) is 2.00. The van der Waals surface area contributed by atoms with E-state index in [1.807, 2.05) is 20.8 Å². The summed E-state index contributed by atoms with van der Waals surface area (Å²) in [6.07, 6.45) is 2.10. The molecule has 0 aromatic heterocycles. The van der Waals surface area contributed by atoms with Gasteiger partial charge in [-0.25, -0.2) is 4.39 Å². The lowest BCUT2D eigenvalue weighted by Crippen LogP contribution is -1.97. The summed E-state index contributed by atoms with van der Waals surface area (Å²) >= 11 is 0. The van der Waals surface area contributed by atoms with Crippen LogP contribution in [0.25, 0.3) is 0 Å². The quantitative estimate of drug-likeness (QED) is 0.441. The van der Waals surface area contributed by atoms with Gasteiger partial charge in [-0.3, -0.25) is 0 Å². The third-order valence-electron chi connectivity index (χ3n) is 0.563. The SMILES string of the molecule is CC(C)(C)/C=C\F. The average Bonchev–Trinajstić information content (AvgIpc) is 1.30. The van der Waals surface area contributed by atoms with Gasteiger partial charge in [-0.1, -0.05) is 26.8 Å². The van der Waals surface area contributed by atoms with Gasteiger partial charge in [0.1, 0.15) is 0 Å². The first-order valence-electron chi connectivity index (χ1n) is 2.34. The number of hydrogen-bond acceptors (Lipinski definition) is 0. The zero-order chi connectivity index (χ0) is 5.91. The topological polar surface area (TPSA) is 0 Å². The molecule has 0 unspecified atom stereocenters. The van der Waals surface area contributed by atoms with Crippen LogP contribution in [0.3, 0.4) is 0 Å². The van der Waals surface area contributed by atoms with Crippen molar-refractivity contribution in [2.24, 2.45) is 5.41 Å². The summed E-state index contributed by atoms with van der Waals surface area (Å²) in [4.78, 5) is 0. The van der Waals surface area contributed by atoms with Crippen molar-refractivity contribution in [3.8, 4) is 0 Å². The molecule has 42 valence electrons. The molecule has 0 fully saturated rings. The van der Waals surface area contributed by atoms with Crippen molar-refractivity contribution >= 4 is 0 Å². The van der Waals surface area contributed by atoms with Gasteiger partial charge in [0, 0.05) is 0 Å². The Morgan fingerprint density at radius 2 is 1.71 bits per heavy atom. The van der Waals surface area contributed by atoms with Crippen LogP contribution in [0.2, 0.25) is 0 Å². The highest BCUT2D eigenvalue weighted by Crippen LogP contribution is 2.13. The van der Waals surface area contributed by atoms with Crippen LogP contribution in [0.15, 0.2) is 12.4 Å². The van der Waals surface area contributed by atoms with Crippen LogP contribution in [0.5, 0.6) is 0 Å². The molecule has 0 atom stereocenters. The zero-order valence-corrected chi connectivity index (χ0v) is 5.03. The first-order valence-corrected chi connectivity index (χ1v) is 2.34. The molecule has 0 N–H and O–H groups in total. The van der Waals surface area contributed by atoms with Crippen LogP contribution in [-0.2, 0) is 0 Å². The second-order valence-corrected chi connectivity index (χ2v) is 2.66. The van der Waals surface area contributed by atoms with Crippen LogP contribution >= 0.6 is 0 Å². The second kappa shape index (κ2) is 2.10. The van der Waals surface area contributed by atoms with Crippen molar-refractivity contribution in [3.05, 3.63) is 12.4 Å². The highest BCUT2D eigenvalue weighted by Gasteiger charge is 2.01. The smallest absolute Gasteiger partial charge is 0.0832 e. The van der Waals surface area contributed by atoms with Crippen molar-refractivity contribution in [2.75, 3.05) is 0 Å². The summed E-state index contributed by atoms with van der Waals surface area (Å²) in [5.41, 5.74) is -0.00521. The van der Waals surface area contributed by atoms with Gasteiger partial charge in [-0.15, -0.1) is 0 Å². The lowest BCUT2D eigenvalue weighted by atomic mass is 9.98. The molecule has 0 aliphatic rings. The standard InChI is InChI=1S/C6H11F/c1-6(2,3)4-5-7/h4-5H,1-3H3/b5-4-. The number of halogens is 1. The highest BCUT2D eigenvalue weighted by molar-refractivity contribution is 4.86. The van der Waals surface area contributed by atoms with Gasteiger partial charge < -0.3 is 0 Å². The molecular formula is C6H11F. The largest absolute Gasteiger partial charge is 0.216 e. The minimum Gasteiger partial charge on any atom is -0.216 e. The van der Waals surface area contributed by atoms with Crippen LogP contribution in [0.4, 0.5) is 4.39 Å². The van der Waals surface area contributed by atoms with Crippen LogP contribution in [0, 0.1) is 5.41 Å². The van der Waals surface area contributed by atoms with E-state index in [1.54, 1.807) is 0 Å². The van der Waals surface area contributed by atoms with Gasteiger partial charge in [0.25, 0.3) is 0 Å². The second-order valence-electron chi connectivity index (χ2n) is 2.66. The van der Waals surface area contributed by atoms with E-state index in [4.69, 9.17) is 0 Å². The minimum absolute atomic E-state index is 0.00521. The Labute approximate surface area is 44.0 Å². The zero-order valence-electron chi connectivity index (χ0n) is 5.03. The molecule has 0 amide bonds. The lowest BCUT2D eigenvalue weighted by molar-refractivity contribution is 0.529. The molecule has 1 heteroatoms. The normalized spacial score (nSPS) is 13.1. The molecule has 0 spiro atoms. The summed E-state index contributed by atoms with van der Waals surface area (Å²) < 4.78 is 11.3. The van der Waals surface area contributed by atoms with Gasteiger partial charge in [-0.2, -0.15) is 0 Å². The Bertz CT molecular complexity index is 66.7. The molecule has 0 aliphatic carbocycles. The third kappa shape index (κ3) is 5.67. The number of allylic oxidation sites excluding steroid dienone is 1. The van der Waals surface area contributed by atoms with Crippen LogP contribution in [0.1, 0.15) is 20.8 Å². The maximum Gasteiger partial charge on any atom is 0.0832 e. The average molecular weight is 102 g/mol. The predicted octanol–water partition coefficient (Wildman–Crippen LogP) is 2.52. The van der Waals surface area contributed by atoms with E-state index < -0.39 is 0 Å². The molecule has 0 saturated heterocycles. The molecule has 0 heterocycles. The fourth-order valence-corrected chi connectivity index (χ4v) is 0.189. The Hall–Kier alpha value is -0.330. The van der Waals surface area contributed by atoms with E-state index in [0.717, 1.165) is 0 Å². The molecule has 7 heavy (non-hydrogen) atoms. The maximum atomic E-state index is 11.3. The summed E-state index contributed by atoms with van der Waals surface area (Å²) in [7, 11) is 0. The van der Waals surface area contributed by atoms with Crippen molar-refractivity contribution in [1.29, 1.82) is 0 Å². The van der Waals surface area contributed by atoms with Gasteiger partial charge >= 0.3 is 0 Å². The fourth-order valence-electron chi connectivity index (χ4n) is 0.189. The van der Waals surface area contributed by atoms with Crippen molar-refractivity contribution in [2.45, 2.75) is 20.8 Å². The van der Waals surface area contributed by atoms with E-state index in [0.29, 0.717) is 6.33 Å². The van der Waals surface area contributed by atoms with E-state index in [9.17, 15) is 4.39 Å². The van der Waals surface area contributed by atoms with Gasteiger partial charge in [0.05, 0.1) is 6.33 Å². The molecule has 0 aromatic carbocycles. The van der Waals surface area contributed by atoms with E-state index in [2.05, 4.69) is 0 Å². The fraction of sp³-hybridized carbons (Fsp3) is 0.667. The molecule has 0 nitrogen and oxygen atoms in total. The Morgan fingerprint density at radius 1 is 1.29 bits per heavy atom. The van der Waals surface area contributed by atoms with Gasteiger partial charge in [-0.05, 0) is 5.41 Å². The first-order chi connectivity index (χ1) is 3.06. The van der Waals surface area contributed by atoms with Crippen molar-refractivity contribution < 1.29 is 4.39 Å². The third-order valence-corrected chi connectivity index (χ3v) is 0.563. The van der Waals surface area contributed by atoms with Crippen LogP contribution in [-0.4, -0.2) is 0 Å². The van der Waals surface area contributed by atoms with E-state index in [-0.39, 0.29) is 5.41 Å². The van der Waals surface area contributed by atoms with E-state index >= 15 is 0 Å². The molecule has 0 radical (unpaired) electrons. The molecule has 0 rings (SSSR count). The summed E-state index contributed by atoms with van der Waals surface area (Å²) in [6, 6.07) is 0. The number of hydrogen-bond donors (Lipinski definition) is 0.